The largest absolute Gasteiger partial charge is 0.500 e. The zero-order chi connectivity index (χ0) is 34.7. The summed E-state index contributed by atoms with van der Waals surface area (Å²) in [6.45, 7) is 8.70. The van der Waals surface area contributed by atoms with Crippen molar-refractivity contribution >= 4 is 21.9 Å². The monoisotopic (exact) mass is 838 g/mol. The SMILES string of the molecule is CC(C)(C)c1ccc(-c2ccc(-c3c(C#N)ccc4c3oc3c(-c5ccccn5)[c-]ccc34)cc2)cc1.Cc1ccc(-c2[c-]cccc2)nc1.[Ir]. The van der Waals surface area contributed by atoms with E-state index in [9.17, 15) is 5.26 Å². The number of benzene rings is 5. The van der Waals surface area contributed by atoms with Gasteiger partial charge < -0.3 is 14.4 Å². The van der Waals surface area contributed by atoms with Crippen LogP contribution in [0.4, 0.5) is 0 Å². The van der Waals surface area contributed by atoms with Crippen LogP contribution < -0.4 is 0 Å². The van der Waals surface area contributed by atoms with Gasteiger partial charge >= 0.3 is 0 Å². The number of aryl methyl sites for hydroxylation is 1. The standard InChI is InChI=1S/C34H25N2O.C12H10N.Ir/c1-34(2,3)26-17-14-23(15-18-26)22-10-12-24(13-11-22)31-25(21-35)16-19-28-27-7-6-8-29(32(27)37-33(28)31)30-9-4-5-20-36-30;1-10-7-8-12(13-9-10)11-5-3-2-4-6-11;/h4-7,9-20H,1-3H3;2-5,7-9H,1H3;/q2*-1;. The van der Waals surface area contributed by atoms with E-state index in [0.717, 1.165) is 61.1 Å². The predicted octanol–water partition coefficient (Wildman–Crippen LogP) is 11.8. The van der Waals surface area contributed by atoms with Gasteiger partial charge in [-0.3, -0.25) is 0 Å². The van der Waals surface area contributed by atoms with Crippen LogP contribution in [0.1, 0.15) is 37.5 Å². The minimum absolute atomic E-state index is 0. The summed E-state index contributed by atoms with van der Waals surface area (Å²) in [6, 6.07) is 51.4. The minimum atomic E-state index is 0. The van der Waals surface area contributed by atoms with Crippen LogP contribution in [0.5, 0.6) is 0 Å². The van der Waals surface area contributed by atoms with Crippen LogP contribution in [0.2, 0.25) is 0 Å². The van der Waals surface area contributed by atoms with Crippen LogP contribution in [0.25, 0.3) is 66.7 Å². The number of nitriles is 1. The van der Waals surface area contributed by atoms with E-state index in [1.807, 2.05) is 85.9 Å². The molecule has 5 aromatic carbocycles. The summed E-state index contributed by atoms with van der Waals surface area (Å²) < 4.78 is 6.50. The van der Waals surface area contributed by atoms with Gasteiger partial charge in [-0.2, -0.15) is 5.26 Å². The molecule has 4 nitrogen and oxygen atoms in total. The topological polar surface area (TPSA) is 62.7 Å². The van der Waals surface area contributed by atoms with E-state index < -0.39 is 0 Å². The van der Waals surface area contributed by atoms with Gasteiger partial charge in [0.25, 0.3) is 0 Å². The summed E-state index contributed by atoms with van der Waals surface area (Å²) in [6.07, 6.45) is 3.64. The Kier molecular flexibility index (Phi) is 10.4. The number of hydrogen-bond acceptors (Lipinski definition) is 4. The smallest absolute Gasteiger partial charge is 0.130 e. The van der Waals surface area contributed by atoms with E-state index in [0.29, 0.717) is 11.1 Å². The molecule has 3 heterocycles. The second-order valence-electron chi connectivity index (χ2n) is 13.3. The van der Waals surface area contributed by atoms with Crippen LogP contribution in [0.15, 0.2) is 144 Å². The first-order valence-corrected chi connectivity index (χ1v) is 16.6. The zero-order valence-corrected chi connectivity index (χ0v) is 31.3. The van der Waals surface area contributed by atoms with Crippen LogP contribution >= 0.6 is 0 Å². The van der Waals surface area contributed by atoms with Crippen LogP contribution in [-0.2, 0) is 25.5 Å². The van der Waals surface area contributed by atoms with Crippen molar-refractivity contribution in [1.82, 2.24) is 9.97 Å². The predicted molar refractivity (Wildman–Crippen MR) is 203 cm³/mol. The summed E-state index contributed by atoms with van der Waals surface area (Å²) in [4.78, 5) is 8.81. The van der Waals surface area contributed by atoms with Gasteiger partial charge in [-0.15, -0.1) is 54.1 Å². The van der Waals surface area contributed by atoms with Crippen molar-refractivity contribution in [2.45, 2.75) is 33.1 Å². The van der Waals surface area contributed by atoms with Gasteiger partial charge in [0.05, 0.1) is 17.2 Å². The third-order valence-corrected chi connectivity index (χ3v) is 8.80. The second-order valence-corrected chi connectivity index (χ2v) is 13.3. The summed E-state index contributed by atoms with van der Waals surface area (Å²) >= 11 is 0. The van der Waals surface area contributed by atoms with Crippen molar-refractivity contribution in [2.24, 2.45) is 0 Å². The first-order valence-electron chi connectivity index (χ1n) is 16.6. The molecule has 251 valence electrons. The molecule has 0 aliphatic rings. The molecule has 0 saturated carbocycles. The fourth-order valence-electron chi connectivity index (χ4n) is 6.06. The van der Waals surface area contributed by atoms with Crippen molar-refractivity contribution in [1.29, 1.82) is 5.26 Å². The molecule has 0 atom stereocenters. The van der Waals surface area contributed by atoms with Gasteiger partial charge in [-0.1, -0.05) is 111 Å². The van der Waals surface area contributed by atoms with Crippen LogP contribution in [0, 0.1) is 30.4 Å². The number of pyridine rings is 2. The van der Waals surface area contributed by atoms with E-state index in [1.54, 1.807) is 6.20 Å². The number of hydrogen-bond donors (Lipinski definition) is 0. The molecule has 0 bridgehead atoms. The number of nitrogens with zero attached hydrogens (tertiary/aromatic N) is 3. The third kappa shape index (κ3) is 7.44. The van der Waals surface area contributed by atoms with Crippen molar-refractivity contribution in [2.75, 3.05) is 0 Å². The fourth-order valence-corrected chi connectivity index (χ4v) is 6.06. The molecule has 0 N–H and O–H groups in total. The van der Waals surface area contributed by atoms with Gasteiger partial charge in [0.15, 0.2) is 0 Å². The molecule has 0 unspecified atom stereocenters. The summed E-state index contributed by atoms with van der Waals surface area (Å²) in [5, 5.41) is 11.9. The van der Waals surface area contributed by atoms with E-state index in [1.165, 1.54) is 11.1 Å². The molecule has 8 rings (SSSR count). The van der Waals surface area contributed by atoms with E-state index in [2.05, 4.69) is 104 Å². The molecule has 0 aliphatic carbocycles. The maximum atomic E-state index is 9.96. The average molecular weight is 838 g/mol. The quantitative estimate of drug-likeness (QED) is 0.166. The first kappa shape index (κ1) is 35.2. The van der Waals surface area contributed by atoms with E-state index in [4.69, 9.17) is 4.42 Å². The number of rotatable bonds is 4. The third-order valence-electron chi connectivity index (χ3n) is 8.80. The molecule has 3 aromatic heterocycles. The van der Waals surface area contributed by atoms with Gasteiger partial charge in [-0.05, 0) is 63.7 Å². The van der Waals surface area contributed by atoms with E-state index >= 15 is 0 Å². The van der Waals surface area contributed by atoms with Crippen molar-refractivity contribution in [3.05, 3.63) is 169 Å². The van der Waals surface area contributed by atoms with Crippen molar-refractivity contribution in [3.63, 3.8) is 0 Å². The molecule has 0 spiro atoms. The zero-order valence-electron chi connectivity index (χ0n) is 28.9. The molecule has 0 amide bonds. The number of fused-ring (bicyclic) bond motifs is 3. The first-order chi connectivity index (χ1) is 24.3. The van der Waals surface area contributed by atoms with E-state index in [-0.39, 0.29) is 25.5 Å². The molecular formula is C46H35IrN3O-2. The Balaban J connectivity index is 0.000000269. The maximum Gasteiger partial charge on any atom is 0.130 e. The average Bonchev–Trinajstić information content (AvgIpc) is 3.54. The Labute approximate surface area is 312 Å². The Morgan fingerprint density at radius 1 is 0.647 bits per heavy atom. The summed E-state index contributed by atoms with van der Waals surface area (Å²) in [5.74, 6) is 0. The minimum Gasteiger partial charge on any atom is -0.500 e. The van der Waals surface area contributed by atoms with Crippen LogP contribution in [0.3, 0.4) is 0 Å². The maximum absolute atomic E-state index is 9.96. The van der Waals surface area contributed by atoms with Gasteiger partial charge in [0.1, 0.15) is 5.58 Å². The van der Waals surface area contributed by atoms with Gasteiger partial charge in [-0.25, -0.2) is 0 Å². The Morgan fingerprint density at radius 3 is 1.98 bits per heavy atom. The molecule has 1 radical (unpaired) electrons. The molecule has 0 aliphatic heterocycles. The molecule has 51 heavy (non-hydrogen) atoms. The number of furan rings is 1. The molecule has 8 aromatic rings. The Bertz CT molecular complexity index is 2440. The summed E-state index contributed by atoms with van der Waals surface area (Å²) in [7, 11) is 0. The van der Waals surface area contributed by atoms with Gasteiger partial charge in [0, 0.05) is 43.4 Å². The number of aromatic nitrogens is 2. The fraction of sp³-hybridized carbons (Fsp3) is 0.109. The Morgan fingerprint density at radius 2 is 1.35 bits per heavy atom. The second kappa shape index (κ2) is 15.1. The van der Waals surface area contributed by atoms with Crippen molar-refractivity contribution in [3.8, 4) is 50.8 Å². The Hall–Kier alpha value is -5.66. The molecule has 5 heteroatoms. The molecular weight excluding hydrogens is 803 g/mol. The van der Waals surface area contributed by atoms with Gasteiger partial charge in [0.2, 0.25) is 0 Å². The molecule has 0 saturated heterocycles. The summed E-state index contributed by atoms with van der Waals surface area (Å²) in [5.41, 5.74) is 12.3. The normalized spacial score (nSPS) is 11.0. The van der Waals surface area contributed by atoms with Crippen LogP contribution in [-0.4, -0.2) is 9.97 Å². The van der Waals surface area contributed by atoms with Crippen molar-refractivity contribution < 1.29 is 24.5 Å². The molecule has 0 fully saturated rings.